The zero-order valence-electron chi connectivity index (χ0n) is 7.58. The minimum absolute atomic E-state index is 0.221. The van der Waals surface area contributed by atoms with Gasteiger partial charge in [-0.05, 0) is 43.3 Å². The van der Waals surface area contributed by atoms with Gasteiger partial charge in [0.15, 0.2) is 0 Å². The summed E-state index contributed by atoms with van der Waals surface area (Å²) in [7, 11) is 0. The molecule has 0 amide bonds. The van der Waals surface area contributed by atoms with Gasteiger partial charge in [-0.15, -0.1) is 0 Å². The molecule has 0 spiro atoms. The lowest BCUT2D eigenvalue weighted by Gasteiger charge is -2.15. The highest BCUT2D eigenvalue weighted by Gasteiger charge is 2.23. The largest absolute Gasteiger partial charge is 0.462 e. The van der Waals surface area contributed by atoms with E-state index >= 15 is 0 Å². The van der Waals surface area contributed by atoms with Crippen LogP contribution < -0.4 is 5.09 Å². The average Bonchev–Trinajstić information content (AvgIpc) is 1.81. The first-order chi connectivity index (χ1) is 5.72. The first-order valence-electron chi connectivity index (χ1n) is 3.70. The van der Waals surface area contributed by atoms with Crippen LogP contribution in [0.1, 0.15) is 20.8 Å². The quantitative estimate of drug-likeness (QED) is 0.613. The summed E-state index contributed by atoms with van der Waals surface area (Å²) in [6.45, 7) is 4.90. The number of hydrogen-bond donors (Lipinski definition) is 1. The molecule has 0 bridgehead atoms. The molecule has 1 unspecified atom stereocenters. The van der Waals surface area contributed by atoms with Crippen molar-refractivity contribution in [3.63, 3.8) is 0 Å². The van der Waals surface area contributed by atoms with Crippen molar-refractivity contribution in [2.24, 2.45) is 0 Å². The molecule has 4 nitrogen and oxygen atoms in total. The second-order valence-electron chi connectivity index (χ2n) is 2.80. The van der Waals surface area contributed by atoms with Crippen molar-refractivity contribution < 1.29 is 14.1 Å². The SMILES string of the molecule is CC(C)OC(=O)C(C)NP(=O)(Cl)Cl. The topological polar surface area (TPSA) is 55.4 Å². The third kappa shape index (κ3) is 7.32. The predicted octanol–water partition coefficient (Wildman–Crippen LogP) is 2.50. The predicted molar refractivity (Wildman–Crippen MR) is 53.1 cm³/mol. The number of rotatable bonds is 4. The van der Waals surface area contributed by atoms with Crippen LogP contribution in [0.5, 0.6) is 0 Å². The van der Waals surface area contributed by atoms with Crippen molar-refractivity contribution in [3.8, 4) is 0 Å². The van der Waals surface area contributed by atoms with Crippen LogP contribution in [-0.2, 0) is 14.1 Å². The van der Waals surface area contributed by atoms with Gasteiger partial charge in [0.25, 0.3) is 0 Å². The van der Waals surface area contributed by atoms with E-state index in [1.807, 2.05) is 0 Å². The second kappa shape index (κ2) is 5.20. The minimum atomic E-state index is -3.43. The fourth-order valence-electron chi connectivity index (χ4n) is 0.613. The molecule has 0 fully saturated rings. The Balaban J connectivity index is 4.05. The Morgan fingerprint density at radius 1 is 1.38 bits per heavy atom. The normalized spacial score (nSPS) is 14.3. The molecule has 0 aliphatic carbocycles. The number of hydrogen-bond acceptors (Lipinski definition) is 3. The Morgan fingerprint density at radius 2 is 1.85 bits per heavy atom. The number of halogens is 2. The van der Waals surface area contributed by atoms with Gasteiger partial charge in [-0.1, -0.05) is 0 Å². The molecule has 7 heteroatoms. The lowest BCUT2D eigenvalue weighted by Crippen LogP contribution is -2.33. The van der Waals surface area contributed by atoms with Crippen molar-refractivity contribution in [1.29, 1.82) is 0 Å². The molecule has 78 valence electrons. The van der Waals surface area contributed by atoms with Crippen molar-refractivity contribution in [2.75, 3.05) is 0 Å². The molecule has 0 aromatic heterocycles. The second-order valence-corrected chi connectivity index (χ2v) is 7.36. The van der Waals surface area contributed by atoms with Gasteiger partial charge < -0.3 is 4.74 Å². The third-order valence-electron chi connectivity index (χ3n) is 1.05. The van der Waals surface area contributed by atoms with Crippen LogP contribution in [-0.4, -0.2) is 18.1 Å². The van der Waals surface area contributed by atoms with E-state index in [9.17, 15) is 9.36 Å². The van der Waals surface area contributed by atoms with Crippen LogP contribution in [0.4, 0.5) is 0 Å². The zero-order valence-corrected chi connectivity index (χ0v) is 9.99. The first-order valence-corrected chi connectivity index (χ1v) is 7.21. The first kappa shape index (κ1) is 13.2. The van der Waals surface area contributed by atoms with Crippen molar-refractivity contribution >= 4 is 34.4 Å². The Morgan fingerprint density at radius 3 is 2.15 bits per heavy atom. The molecule has 0 aliphatic rings. The number of nitrogens with one attached hydrogen (secondary N) is 1. The maximum atomic E-state index is 11.1. The number of carbonyl (C=O) groups excluding carboxylic acids is 1. The number of ether oxygens (including phenoxy) is 1. The van der Waals surface area contributed by atoms with Gasteiger partial charge in [0.05, 0.1) is 6.10 Å². The zero-order chi connectivity index (χ0) is 10.6. The van der Waals surface area contributed by atoms with Gasteiger partial charge in [0.1, 0.15) is 6.04 Å². The Kier molecular flexibility index (Phi) is 5.30. The van der Waals surface area contributed by atoms with E-state index in [4.69, 9.17) is 27.2 Å². The van der Waals surface area contributed by atoms with E-state index in [2.05, 4.69) is 5.09 Å². The summed E-state index contributed by atoms with van der Waals surface area (Å²) < 4.78 is 15.6. The summed E-state index contributed by atoms with van der Waals surface area (Å²) in [5, 5.41) is 2.24. The highest BCUT2D eigenvalue weighted by Crippen LogP contribution is 2.52. The van der Waals surface area contributed by atoms with E-state index in [1.165, 1.54) is 6.92 Å². The van der Waals surface area contributed by atoms with Crippen LogP contribution in [0.3, 0.4) is 0 Å². The van der Waals surface area contributed by atoms with Crippen LogP contribution in [0.2, 0.25) is 0 Å². The summed E-state index contributed by atoms with van der Waals surface area (Å²) in [4.78, 5) is 11.1. The lowest BCUT2D eigenvalue weighted by molar-refractivity contribution is -0.148. The molecule has 0 saturated heterocycles. The van der Waals surface area contributed by atoms with Gasteiger partial charge in [-0.25, -0.2) is 5.09 Å². The number of esters is 1. The maximum Gasteiger partial charge on any atom is 0.323 e. The highest BCUT2D eigenvalue weighted by molar-refractivity contribution is 8.07. The van der Waals surface area contributed by atoms with E-state index in [0.29, 0.717) is 0 Å². The van der Waals surface area contributed by atoms with Gasteiger partial charge in [-0.3, -0.25) is 9.36 Å². The maximum absolute atomic E-state index is 11.1. The summed E-state index contributed by atoms with van der Waals surface area (Å²) in [6, 6.07) is -0.775. The van der Waals surface area contributed by atoms with Crippen LogP contribution in [0, 0.1) is 0 Å². The minimum Gasteiger partial charge on any atom is -0.462 e. The summed E-state index contributed by atoms with van der Waals surface area (Å²) in [6.07, 6.45) is -0.221. The van der Waals surface area contributed by atoms with E-state index in [0.717, 1.165) is 0 Å². The van der Waals surface area contributed by atoms with Crippen molar-refractivity contribution in [2.45, 2.75) is 32.9 Å². The fraction of sp³-hybridized carbons (Fsp3) is 0.833. The number of carbonyl (C=O) groups is 1. The molecule has 0 aromatic carbocycles. The molecule has 1 atom stereocenters. The Bertz CT molecular complexity index is 228. The van der Waals surface area contributed by atoms with Gasteiger partial charge in [0, 0.05) is 0 Å². The van der Waals surface area contributed by atoms with Crippen LogP contribution in [0.25, 0.3) is 0 Å². The third-order valence-corrected chi connectivity index (χ3v) is 2.32. The van der Waals surface area contributed by atoms with Crippen molar-refractivity contribution in [1.82, 2.24) is 5.09 Å². The van der Waals surface area contributed by atoms with Gasteiger partial charge in [0.2, 0.25) is 0 Å². The molecule has 0 aromatic rings. The van der Waals surface area contributed by atoms with Crippen molar-refractivity contribution in [3.05, 3.63) is 0 Å². The molecular formula is C6H12Cl2NO3P. The summed E-state index contributed by atoms with van der Waals surface area (Å²) >= 11 is 10.4. The smallest absolute Gasteiger partial charge is 0.323 e. The summed E-state index contributed by atoms with van der Waals surface area (Å²) in [5.74, 6) is -3.96. The standard InChI is InChI=1S/C6H12Cl2NO3P/c1-4(2)12-6(10)5(3)9-13(7,8)11/h4-5H,1-3H3,(H,9,11). The van der Waals surface area contributed by atoms with E-state index in [1.54, 1.807) is 13.8 Å². The fourth-order valence-corrected chi connectivity index (χ4v) is 2.05. The molecule has 13 heavy (non-hydrogen) atoms. The molecule has 0 rings (SSSR count). The molecule has 0 aliphatic heterocycles. The molecule has 0 saturated carbocycles. The Labute approximate surface area is 86.9 Å². The molecule has 0 radical (unpaired) electrons. The lowest BCUT2D eigenvalue weighted by atomic mass is 10.4. The Hall–Kier alpha value is 0.240. The molecular weight excluding hydrogens is 236 g/mol. The van der Waals surface area contributed by atoms with Crippen LogP contribution >= 0.6 is 28.5 Å². The monoisotopic (exact) mass is 247 g/mol. The van der Waals surface area contributed by atoms with Gasteiger partial charge >= 0.3 is 12.0 Å². The summed E-state index contributed by atoms with van der Waals surface area (Å²) in [5.41, 5.74) is 0. The van der Waals surface area contributed by atoms with E-state index < -0.39 is 18.0 Å². The van der Waals surface area contributed by atoms with Gasteiger partial charge in [-0.2, -0.15) is 0 Å². The van der Waals surface area contributed by atoms with E-state index in [-0.39, 0.29) is 6.10 Å². The molecule has 1 N–H and O–H groups in total. The van der Waals surface area contributed by atoms with Crippen LogP contribution in [0.15, 0.2) is 0 Å². The average molecular weight is 248 g/mol. The molecule has 0 heterocycles. The highest BCUT2D eigenvalue weighted by atomic mass is 35.9.